The first-order valence-electron chi connectivity index (χ1n) is 12.8. The van der Waals surface area contributed by atoms with Gasteiger partial charge in [-0.15, -0.1) is 0 Å². The third kappa shape index (κ3) is 7.37. The molecule has 0 saturated heterocycles. The molecule has 2 amide bonds. The molecule has 0 fully saturated rings. The predicted molar refractivity (Wildman–Crippen MR) is 149 cm³/mol. The zero-order chi connectivity index (χ0) is 32.3. The Morgan fingerprint density at radius 3 is 2.39 bits per heavy atom. The van der Waals surface area contributed by atoms with Crippen molar-refractivity contribution in [1.29, 1.82) is 0 Å². The highest BCUT2D eigenvalue weighted by Gasteiger charge is 2.33. The molecular weight excluding hydrogens is 613 g/mol. The number of halogens is 6. The first kappa shape index (κ1) is 32.1. The first-order chi connectivity index (χ1) is 20.6. The molecule has 9 nitrogen and oxygen atoms in total. The second-order valence-corrected chi connectivity index (χ2v) is 10.2. The van der Waals surface area contributed by atoms with E-state index in [4.69, 9.17) is 11.6 Å². The van der Waals surface area contributed by atoms with Crippen LogP contribution in [0.5, 0.6) is 0 Å². The van der Waals surface area contributed by atoms with E-state index in [1.54, 1.807) is 0 Å². The lowest BCUT2D eigenvalue weighted by molar-refractivity contribution is -0.137. The molecule has 0 radical (unpaired) electrons. The number of carbonyl (C=O) groups is 3. The van der Waals surface area contributed by atoms with Gasteiger partial charge in [0.1, 0.15) is 17.4 Å². The fourth-order valence-corrected chi connectivity index (χ4v) is 4.71. The Labute approximate surface area is 251 Å². The summed E-state index contributed by atoms with van der Waals surface area (Å²) in [5.74, 6) is -6.18. The minimum atomic E-state index is -4.95. The van der Waals surface area contributed by atoms with E-state index in [9.17, 15) is 41.1 Å². The fourth-order valence-electron chi connectivity index (χ4n) is 4.42. The number of nitrogens with one attached hydrogen (secondary N) is 3. The van der Waals surface area contributed by atoms with E-state index < -0.39 is 59.0 Å². The Morgan fingerprint density at radius 1 is 1.02 bits per heavy atom. The maximum absolute atomic E-state index is 14.2. The molecular formula is C29H23ClF5N5O4. The minimum Gasteiger partial charge on any atom is -0.345 e. The molecule has 4 aromatic rings. The van der Waals surface area contributed by atoms with Crippen LogP contribution in [-0.2, 0) is 24.1 Å². The first-order valence-corrected chi connectivity index (χ1v) is 13.2. The SMILES string of the molecule is CC(=O)Cn1c(C(=O)NCc2ccc(=O)[nH]c2)nc(NC(=O)c2cc(F)cc(C(F)(F)F)c2)c1[C@@H](C)c1cc(F)ccc1Cl. The molecule has 2 heterocycles. The Balaban J connectivity index is 1.83. The van der Waals surface area contributed by atoms with Crippen LogP contribution in [0.3, 0.4) is 0 Å². The summed E-state index contributed by atoms with van der Waals surface area (Å²) >= 11 is 6.33. The quantitative estimate of drug-likeness (QED) is 0.211. The van der Waals surface area contributed by atoms with Gasteiger partial charge in [0.15, 0.2) is 5.82 Å². The number of H-pyrrole nitrogens is 1. The third-order valence-corrected chi connectivity index (χ3v) is 6.79. The van der Waals surface area contributed by atoms with Crippen molar-refractivity contribution in [3.8, 4) is 0 Å². The summed E-state index contributed by atoms with van der Waals surface area (Å²) in [4.78, 5) is 56.8. The number of ketones is 1. The van der Waals surface area contributed by atoms with Gasteiger partial charge in [-0.05, 0) is 54.4 Å². The highest BCUT2D eigenvalue weighted by molar-refractivity contribution is 6.31. The second kappa shape index (κ2) is 12.8. The van der Waals surface area contributed by atoms with Gasteiger partial charge in [0.2, 0.25) is 11.4 Å². The number of hydrogen-bond acceptors (Lipinski definition) is 5. The molecule has 0 saturated carbocycles. The molecule has 1 atom stereocenters. The van der Waals surface area contributed by atoms with Gasteiger partial charge in [-0.2, -0.15) is 13.2 Å². The van der Waals surface area contributed by atoms with E-state index >= 15 is 0 Å². The number of Topliss-reactive ketones (excluding diaryl/α,β-unsaturated/α-hetero) is 1. The van der Waals surface area contributed by atoms with Gasteiger partial charge in [0, 0.05) is 35.3 Å². The average Bonchev–Trinajstić information content (AvgIpc) is 3.29. The topological polar surface area (TPSA) is 126 Å². The van der Waals surface area contributed by atoms with E-state index in [0.29, 0.717) is 17.7 Å². The predicted octanol–water partition coefficient (Wildman–Crippen LogP) is 5.44. The Kier molecular flexibility index (Phi) is 9.33. The molecule has 4 rings (SSSR count). The van der Waals surface area contributed by atoms with Crippen LogP contribution in [-0.4, -0.2) is 32.1 Å². The highest BCUT2D eigenvalue weighted by Crippen LogP contribution is 2.36. The number of nitrogens with zero attached hydrogens (tertiary/aromatic N) is 2. The Morgan fingerprint density at radius 2 is 1.75 bits per heavy atom. The number of hydrogen-bond donors (Lipinski definition) is 3. The van der Waals surface area contributed by atoms with Crippen LogP contribution in [0.4, 0.5) is 27.8 Å². The van der Waals surface area contributed by atoms with E-state index in [0.717, 1.165) is 12.1 Å². The number of anilines is 1. The van der Waals surface area contributed by atoms with Gasteiger partial charge >= 0.3 is 6.18 Å². The monoisotopic (exact) mass is 635 g/mol. The molecule has 0 aliphatic heterocycles. The summed E-state index contributed by atoms with van der Waals surface area (Å²) in [5, 5.41) is 4.98. The fraction of sp³-hybridized carbons (Fsp3) is 0.207. The summed E-state index contributed by atoms with van der Waals surface area (Å²) in [6, 6.07) is 7.43. The zero-order valence-electron chi connectivity index (χ0n) is 23.0. The third-order valence-electron chi connectivity index (χ3n) is 6.45. The van der Waals surface area contributed by atoms with Gasteiger partial charge in [-0.3, -0.25) is 19.2 Å². The second-order valence-electron chi connectivity index (χ2n) is 9.77. The molecule has 0 aliphatic carbocycles. The van der Waals surface area contributed by atoms with Crippen LogP contribution in [0.1, 0.15) is 63.1 Å². The number of benzene rings is 2. The van der Waals surface area contributed by atoms with E-state index in [1.807, 2.05) is 0 Å². The van der Waals surface area contributed by atoms with Crippen molar-refractivity contribution >= 4 is 35.0 Å². The molecule has 230 valence electrons. The van der Waals surface area contributed by atoms with Crippen LogP contribution < -0.4 is 16.2 Å². The maximum Gasteiger partial charge on any atom is 0.416 e. The van der Waals surface area contributed by atoms with Crippen LogP contribution in [0, 0.1) is 11.6 Å². The molecule has 0 aliphatic rings. The minimum absolute atomic E-state index is 0.0114. The summed E-state index contributed by atoms with van der Waals surface area (Å²) in [5.41, 5.74) is -1.81. The summed E-state index contributed by atoms with van der Waals surface area (Å²) in [6.07, 6.45) is -3.59. The summed E-state index contributed by atoms with van der Waals surface area (Å²) in [7, 11) is 0. The zero-order valence-corrected chi connectivity index (χ0v) is 23.7. The van der Waals surface area contributed by atoms with Crippen molar-refractivity contribution in [3.05, 3.63) is 116 Å². The molecule has 0 bridgehead atoms. The summed E-state index contributed by atoms with van der Waals surface area (Å²) in [6.45, 7) is 2.20. The van der Waals surface area contributed by atoms with Crippen molar-refractivity contribution in [1.82, 2.24) is 19.9 Å². The number of amides is 2. The van der Waals surface area contributed by atoms with Crippen molar-refractivity contribution in [2.24, 2.45) is 0 Å². The van der Waals surface area contributed by atoms with Gasteiger partial charge in [0.25, 0.3) is 11.8 Å². The Bertz CT molecular complexity index is 1800. The highest BCUT2D eigenvalue weighted by atomic mass is 35.5. The van der Waals surface area contributed by atoms with E-state index in [2.05, 4.69) is 20.6 Å². The van der Waals surface area contributed by atoms with Crippen LogP contribution >= 0.6 is 11.6 Å². The van der Waals surface area contributed by atoms with Gasteiger partial charge < -0.3 is 20.2 Å². The number of aromatic nitrogens is 3. The molecule has 44 heavy (non-hydrogen) atoms. The lowest BCUT2D eigenvalue weighted by Crippen LogP contribution is -2.28. The molecule has 3 N–H and O–H groups in total. The van der Waals surface area contributed by atoms with E-state index in [-0.39, 0.29) is 46.1 Å². The molecule has 2 aromatic carbocycles. The van der Waals surface area contributed by atoms with Gasteiger partial charge in [-0.1, -0.05) is 24.6 Å². The average molecular weight is 636 g/mol. The lowest BCUT2D eigenvalue weighted by atomic mass is 9.96. The number of pyridine rings is 1. The van der Waals surface area contributed by atoms with E-state index in [1.165, 1.54) is 42.8 Å². The lowest BCUT2D eigenvalue weighted by Gasteiger charge is -2.19. The molecule has 15 heteroatoms. The smallest absolute Gasteiger partial charge is 0.345 e. The standard InChI is InChI=1S/C29H23ClF5N5O4/c1-14(41)13-40-24(15(2)21-10-19(31)4-5-22(21)30)25(38-26(40)28(44)37-12-16-3-6-23(42)36-11-16)39-27(43)17-7-18(29(33,34)35)9-20(32)8-17/h3-11,15H,12-13H2,1-2H3,(H,36,42)(H,37,44)(H,39,43)/t15-/m0/s1. The normalized spacial score (nSPS) is 12.1. The van der Waals surface area contributed by atoms with Crippen molar-refractivity contribution in [3.63, 3.8) is 0 Å². The molecule has 2 aromatic heterocycles. The number of alkyl halides is 3. The van der Waals surface area contributed by atoms with Gasteiger partial charge in [-0.25, -0.2) is 13.8 Å². The van der Waals surface area contributed by atoms with Crippen LogP contribution in [0.2, 0.25) is 5.02 Å². The van der Waals surface area contributed by atoms with Crippen molar-refractivity contribution in [2.75, 3.05) is 5.32 Å². The molecule has 0 spiro atoms. The maximum atomic E-state index is 14.2. The Hall–Kier alpha value is -4.85. The molecule has 0 unspecified atom stereocenters. The number of aromatic amines is 1. The van der Waals surface area contributed by atoms with Crippen LogP contribution in [0.15, 0.2) is 59.5 Å². The number of carbonyl (C=O) groups excluding carboxylic acids is 3. The summed E-state index contributed by atoms with van der Waals surface area (Å²) < 4.78 is 69.4. The van der Waals surface area contributed by atoms with Crippen LogP contribution in [0.25, 0.3) is 0 Å². The number of imidazole rings is 1. The van der Waals surface area contributed by atoms with Gasteiger partial charge in [0.05, 0.1) is 17.8 Å². The van der Waals surface area contributed by atoms with Crippen molar-refractivity contribution < 1.29 is 36.3 Å². The largest absolute Gasteiger partial charge is 0.416 e. The van der Waals surface area contributed by atoms with Crippen molar-refractivity contribution in [2.45, 2.75) is 39.0 Å². The number of rotatable bonds is 9.